The second-order valence-electron chi connectivity index (χ2n) is 10.9. The molecule has 5 rings (SSSR count). The lowest BCUT2D eigenvalue weighted by Crippen LogP contribution is -2.44. The van der Waals surface area contributed by atoms with Crippen LogP contribution in [0.25, 0.3) is 5.69 Å². The summed E-state index contributed by atoms with van der Waals surface area (Å²) >= 11 is 1.38. The number of aromatic nitrogens is 2. The summed E-state index contributed by atoms with van der Waals surface area (Å²) in [5, 5.41) is 7.44. The molecule has 1 saturated heterocycles. The van der Waals surface area contributed by atoms with Gasteiger partial charge in [-0.25, -0.2) is 13.5 Å². The molecule has 1 N–H and O–H groups in total. The van der Waals surface area contributed by atoms with Gasteiger partial charge >= 0.3 is 0 Å². The molecule has 7 nitrogen and oxygen atoms in total. The number of fused-ring (bicyclic) bond motifs is 1. The van der Waals surface area contributed by atoms with E-state index in [1.54, 1.807) is 22.9 Å². The van der Waals surface area contributed by atoms with Crippen molar-refractivity contribution in [2.24, 2.45) is 0 Å². The zero-order valence-electron chi connectivity index (χ0n) is 22.2. The van der Waals surface area contributed by atoms with Crippen LogP contribution in [0.1, 0.15) is 55.7 Å². The van der Waals surface area contributed by atoms with Gasteiger partial charge in [-0.15, -0.1) is 11.8 Å². The van der Waals surface area contributed by atoms with E-state index in [9.17, 15) is 18.4 Å². The maximum atomic E-state index is 14.4. The molecule has 0 bridgehead atoms. The monoisotopic (exact) mass is 554 g/mol. The topological polar surface area (TPSA) is 76.5 Å². The third-order valence-corrected chi connectivity index (χ3v) is 8.13. The van der Waals surface area contributed by atoms with E-state index in [1.165, 1.54) is 40.9 Å². The van der Waals surface area contributed by atoms with Crippen molar-refractivity contribution >= 4 is 29.4 Å². The van der Waals surface area contributed by atoms with E-state index >= 15 is 0 Å². The van der Waals surface area contributed by atoms with Crippen LogP contribution in [-0.2, 0) is 19.7 Å². The van der Waals surface area contributed by atoms with Gasteiger partial charge in [0.05, 0.1) is 28.5 Å². The average molecular weight is 555 g/mol. The Morgan fingerprint density at radius 1 is 1.15 bits per heavy atom. The molecule has 2 atom stereocenters. The average Bonchev–Trinajstić information content (AvgIpc) is 3.52. The number of nitrogens with one attached hydrogen (secondary N) is 1. The van der Waals surface area contributed by atoms with Gasteiger partial charge in [0, 0.05) is 24.1 Å². The number of benzene rings is 2. The number of halogens is 2. The lowest BCUT2D eigenvalue weighted by Gasteiger charge is -2.24. The van der Waals surface area contributed by atoms with Crippen molar-refractivity contribution in [1.82, 2.24) is 15.1 Å². The summed E-state index contributed by atoms with van der Waals surface area (Å²) in [5.41, 5.74) is 2.24. The molecule has 0 aliphatic carbocycles. The van der Waals surface area contributed by atoms with Crippen molar-refractivity contribution in [3.05, 3.63) is 77.0 Å². The Morgan fingerprint density at radius 3 is 2.59 bits per heavy atom. The van der Waals surface area contributed by atoms with Crippen LogP contribution in [0.3, 0.4) is 0 Å². The van der Waals surface area contributed by atoms with Gasteiger partial charge in [-0.1, -0.05) is 32.9 Å². The van der Waals surface area contributed by atoms with Crippen LogP contribution < -0.4 is 10.2 Å². The largest absolute Gasteiger partial charge is 0.376 e. The molecule has 3 heterocycles. The van der Waals surface area contributed by atoms with E-state index < -0.39 is 16.5 Å². The summed E-state index contributed by atoms with van der Waals surface area (Å²) in [6, 6.07) is 12.2. The number of hydrogen-bond acceptors (Lipinski definition) is 5. The number of thioether (sulfide) groups is 1. The van der Waals surface area contributed by atoms with Crippen molar-refractivity contribution in [3.63, 3.8) is 0 Å². The van der Waals surface area contributed by atoms with Crippen LogP contribution >= 0.6 is 11.8 Å². The number of carbonyl (C=O) groups is 2. The van der Waals surface area contributed by atoms with E-state index in [2.05, 4.69) is 5.32 Å². The fourth-order valence-corrected chi connectivity index (χ4v) is 6.19. The molecule has 2 amide bonds. The smallest absolute Gasteiger partial charge is 0.240 e. The summed E-state index contributed by atoms with van der Waals surface area (Å²) in [4.78, 5) is 28.2. The molecule has 0 unspecified atom stereocenters. The van der Waals surface area contributed by atoms with Gasteiger partial charge in [0.25, 0.3) is 0 Å². The predicted octanol–water partition coefficient (Wildman–Crippen LogP) is 4.91. The molecular formula is C29H32F2N4O3S. The summed E-state index contributed by atoms with van der Waals surface area (Å²) in [5.74, 6) is -0.842. The van der Waals surface area contributed by atoms with Gasteiger partial charge in [-0.3, -0.25) is 14.5 Å². The van der Waals surface area contributed by atoms with E-state index in [0.29, 0.717) is 35.9 Å². The van der Waals surface area contributed by atoms with Crippen molar-refractivity contribution in [1.29, 1.82) is 0 Å². The number of hydrogen-bond donors (Lipinski definition) is 1. The van der Waals surface area contributed by atoms with Crippen molar-refractivity contribution in [2.75, 3.05) is 30.3 Å². The first-order valence-corrected chi connectivity index (χ1v) is 14.1. The van der Waals surface area contributed by atoms with Crippen LogP contribution in [0.2, 0.25) is 0 Å². The Labute approximate surface area is 230 Å². The molecule has 10 heteroatoms. The summed E-state index contributed by atoms with van der Waals surface area (Å²) in [7, 11) is 0. The minimum atomic E-state index is -0.456. The zero-order valence-corrected chi connectivity index (χ0v) is 23.1. The maximum absolute atomic E-state index is 14.4. The van der Waals surface area contributed by atoms with Crippen LogP contribution in [0, 0.1) is 11.6 Å². The number of carbonyl (C=O) groups excluding carboxylic acids is 2. The van der Waals surface area contributed by atoms with E-state index in [1.807, 2.05) is 26.8 Å². The Hall–Kier alpha value is -3.24. The highest BCUT2D eigenvalue weighted by Gasteiger charge is 2.40. The molecule has 2 aliphatic heterocycles. The number of amides is 2. The lowest BCUT2D eigenvalue weighted by molar-refractivity contribution is -0.123. The van der Waals surface area contributed by atoms with Gasteiger partial charge in [-0.2, -0.15) is 5.10 Å². The molecule has 0 spiro atoms. The van der Waals surface area contributed by atoms with Gasteiger partial charge in [0.2, 0.25) is 11.8 Å². The molecule has 2 aromatic carbocycles. The van der Waals surface area contributed by atoms with Crippen LogP contribution in [0.4, 0.5) is 14.6 Å². The zero-order chi connectivity index (χ0) is 27.7. The minimum Gasteiger partial charge on any atom is -0.376 e. The SMILES string of the molecule is CC(C)(C)c1nn(-c2ccc(F)cc2)c2c1[C@H](c1cccc(F)c1)SCC(=O)N2CC(=O)NC[C@@H]1CCCO1. The van der Waals surface area contributed by atoms with Crippen LogP contribution in [-0.4, -0.2) is 53.1 Å². The highest BCUT2D eigenvalue weighted by molar-refractivity contribution is 8.00. The molecule has 0 saturated carbocycles. The first-order valence-electron chi connectivity index (χ1n) is 13.1. The van der Waals surface area contributed by atoms with Gasteiger partial charge in [0.15, 0.2) is 0 Å². The minimum absolute atomic E-state index is 0.0329. The summed E-state index contributed by atoms with van der Waals surface area (Å²) in [6.45, 7) is 6.89. The maximum Gasteiger partial charge on any atom is 0.240 e. The highest BCUT2D eigenvalue weighted by atomic mass is 32.2. The van der Waals surface area contributed by atoms with Crippen LogP contribution in [0.15, 0.2) is 48.5 Å². The van der Waals surface area contributed by atoms with Gasteiger partial charge in [-0.05, 0) is 54.8 Å². The fraction of sp³-hybridized carbons (Fsp3) is 0.414. The van der Waals surface area contributed by atoms with Crippen molar-refractivity contribution in [3.8, 4) is 5.69 Å². The Bertz CT molecular complexity index is 1360. The van der Waals surface area contributed by atoms with Gasteiger partial charge in [0.1, 0.15) is 24.0 Å². The predicted molar refractivity (Wildman–Crippen MR) is 147 cm³/mol. The van der Waals surface area contributed by atoms with E-state index in [0.717, 1.165) is 18.4 Å². The second-order valence-corrected chi connectivity index (χ2v) is 12.0. The van der Waals surface area contributed by atoms with Gasteiger partial charge < -0.3 is 10.1 Å². The molecular weight excluding hydrogens is 522 g/mol. The molecule has 1 fully saturated rings. The first-order chi connectivity index (χ1) is 18.6. The van der Waals surface area contributed by atoms with Crippen molar-refractivity contribution in [2.45, 2.75) is 50.4 Å². The number of nitrogens with zero attached hydrogens (tertiary/aromatic N) is 3. The number of rotatable bonds is 6. The Kier molecular flexibility index (Phi) is 7.77. The first kappa shape index (κ1) is 27.3. The quantitative estimate of drug-likeness (QED) is 0.469. The molecule has 3 aromatic rings. The Morgan fingerprint density at radius 2 is 1.92 bits per heavy atom. The van der Waals surface area contributed by atoms with Crippen molar-refractivity contribution < 1.29 is 23.1 Å². The fourth-order valence-electron chi connectivity index (χ4n) is 5.00. The number of anilines is 1. The highest BCUT2D eigenvalue weighted by Crippen LogP contribution is 2.48. The molecule has 206 valence electrons. The van der Waals surface area contributed by atoms with Crippen LogP contribution in [0.5, 0.6) is 0 Å². The normalized spacial score (nSPS) is 19.6. The Balaban J connectivity index is 1.65. The standard InChI is InChI=1S/C29H32F2N4O3S/c1-29(2,3)27-25-26(18-6-4-7-20(31)14-18)39-17-24(37)34(16-23(36)32-15-22-8-5-13-38-22)28(25)35(33-27)21-11-9-19(30)10-12-21/h4,6-7,9-12,14,22,26H,5,8,13,15-17H2,1-3H3,(H,32,36)/t22-,26-/m0/s1. The molecule has 2 aliphatic rings. The molecule has 1 aromatic heterocycles. The third-order valence-electron chi connectivity index (χ3n) is 6.87. The summed E-state index contributed by atoms with van der Waals surface area (Å²) in [6.07, 6.45) is 1.81. The molecule has 39 heavy (non-hydrogen) atoms. The number of ether oxygens (including phenoxy) is 1. The van der Waals surface area contributed by atoms with E-state index in [-0.39, 0.29) is 36.0 Å². The summed E-state index contributed by atoms with van der Waals surface area (Å²) < 4.78 is 35.5. The van der Waals surface area contributed by atoms with E-state index in [4.69, 9.17) is 9.84 Å². The molecule has 0 radical (unpaired) electrons. The third kappa shape index (κ3) is 5.86. The lowest BCUT2D eigenvalue weighted by atomic mass is 9.87. The second kappa shape index (κ2) is 11.1.